The molecule has 0 amide bonds. The minimum atomic E-state index is -1.64. The lowest BCUT2D eigenvalue weighted by Crippen LogP contribution is -2.30. The third-order valence-corrected chi connectivity index (χ3v) is 3.47. The Morgan fingerprint density at radius 2 is 1.76 bits per heavy atom. The van der Waals surface area contributed by atoms with Gasteiger partial charge in [0.25, 0.3) is 0 Å². The molecule has 3 nitrogen and oxygen atoms in total. The molecule has 0 aromatic heterocycles. The summed E-state index contributed by atoms with van der Waals surface area (Å²) in [7, 11) is -1.64. The fourth-order valence-electron chi connectivity index (χ4n) is 2.21. The number of hydrogen-bond donors (Lipinski definition) is 2. The molecule has 2 rings (SSSR count). The molecule has 0 aliphatic carbocycles. The molecule has 0 bridgehead atoms. The van der Waals surface area contributed by atoms with Crippen molar-refractivity contribution in [2.75, 3.05) is 6.54 Å². The Morgan fingerprint density at radius 1 is 1.05 bits per heavy atom. The summed E-state index contributed by atoms with van der Waals surface area (Å²) in [6.07, 6.45) is 0. The van der Waals surface area contributed by atoms with E-state index in [9.17, 15) is 4.39 Å². The lowest BCUT2D eigenvalue weighted by Gasteiger charge is -2.21. The van der Waals surface area contributed by atoms with Gasteiger partial charge in [-0.15, -0.1) is 0 Å². The molecule has 0 saturated carbocycles. The molecule has 0 fully saturated rings. The highest BCUT2D eigenvalue weighted by atomic mass is 19.1. The predicted molar refractivity (Wildman–Crippen MR) is 82.5 cm³/mol. The second-order valence-electron chi connectivity index (χ2n) is 5.01. The number of hydrogen-bond acceptors (Lipinski definition) is 3. The van der Waals surface area contributed by atoms with Crippen LogP contribution in [0.2, 0.25) is 0 Å². The molecular weight excluding hydrogens is 268 g/mol. The molecule has 2 aromatic rings. The highest BCUT2D eigenvalue weighted by Crippen LogP contribution is 2.12. The van der Waals surface area contributed by atoms with E-state index in [1.54, 1.807) is 12.1 Å². The van der Waals surface area contributed by atoms with Crippen LogP contribution in [0.5, 0.6) is 0 Å². The third-order valence-electron chi connectivity index (χ3n) is 3.47. The third kappa shape index (κ3) is 4.39. The fourth-order valence-corrected chi connectivity index (χ4v) is 2.21. The van der Waals surface area contributed by atoms with E-state index in [1.807, 2.05) is 37.3 Å². The Labute approximate surface area is 124 Å². The molecule has 110 valence electrons. The van der Waals surface area contributed by atoms with Crippen LogP contribution in [0.4, 0.5) is 4.39 Å². The Hall–Kier alpha value is -1.69. The molecule has 0 atom stereocenters. The monoisotopic (exact) mass is 287 g/mol. The fraction of sp³-hybridized carbons (Fsp3) is 0.250. The molecule has 0 aliphatic heterocycles. The van der Waals surface area contributed by atoms with Crippen molar-refractivity contribution >= 4 is 12.6 Å². The van der Waals surface area contributed by atoms with E-state index in [0.29, 0.717) is 12.1 Å². The lowest BCUT2D eigenvalue weighted by atomic mass is 9.80. The molecule has 0 spiro atoms. The summed E-state index contributed by atoms with van der Waals surface area (Å²) < 4.78 is 14.0. The van der Waals surface area contributed by atoms with Gasteiger partial charge < -0.3 is 10.0 Å². The van der Waals surface area contributed by atoms with Crippen molar-refractivity contribution in [3.63, 3.8) is 0 Å². The van der Waals surface area contributed by atoms with Crippen LogP contribution >= 0.6 is 0 Å². The van der Waals surface area contributed by atoms with Crippen LogP contribution in [0.15, 0.2) is 48.5 Å². The van der Waals surface area contributed by atoms with E-state index in [0.717, 1.165) is 13.1 Å². The zero-order valence-electron chi connectivity index (χ0n) is 12.0. The van der Waals surface area contributed by atoms with E-state index in [-0.39, 0.29) is 5.46 Å². The van der Waals surface area contributed by atoms with E-state index < -0.39 is 12.9 Å². The first-order valence-electron chi connectivity index (χ1n) is 7.01. The molecule has 5 heteroatoms. The lowest BCUT2D eigenvalue weighted by molar-refractivity contribution is 0.267. The van der Waals surface area contributed by atoms with Gasteiger partial charge in [0, 0.05) is 18.7 Å². The molecule has 0 heterocycles. The highest BCUT2D eigenvalue weighted by molar-refractivity contribution is 6.58. The summed E-state index contributed by atoms with van der Waals surface area (Å²) >= 11 is 0. The molecule has 0 aliphatic rings. The van der Waals surface area contributed by atoms with Gasteiger partial charge in [0.15, 0.2) is 0 Å². The number of benzene rings is 2. The van der Waals surface area contributed by atoms with E-state index in [1.165, 1.54) is 11.6 Å². The van der Waals surface area contributed by atoms with Crippen molar-refractivity contribution in [1.82, 2.24) is 4.90 Å². The van der Waals surface area contributed by atoms with Crippen molar-refractivity contribution in [1.29, 1.82) is 0 Å². The van der Waals surface area contributed by atoms with Crippen molar-refractivity contribution < 1.29 is 14.4 Å². The van der Waals surface area contributed by atoms with Crippen molar-refractivity contribution in [3.05, 3.63) is 65.5 Å². The van der Waals surface area contributed by atoms with Crippen LogP contribution in [0.1, 0.15) is 18.1 Å². The number of rotatable bonds is 6. The van der Waals surface area contributed by atoms with E-state index >= 15 is 0 Å². The molecular formula is C16H19BFNO2. The maximum absolute atomic E-state index is 14.0. The summed E-state index contributed by atoms with van der Waals surface area (Å²) in [5.74, 6) is -0.410. The summed E-state index contributed by atoms with van der Waals surface area (Å²) in [6, 6.07) is 14.4. The van der Waals surface area contributed by atoms with Gasteiger partial charge in [0.1, 0.15) is 5.82 Å². The Morgan fingerprint density at radius 3 is 2.33 bits per heavy atom. The molecule has 2 N–H and O–H groups in total. The Balaban J connectivity index is 2.08. The minimum Gasteiger partial charge on any atom is -0.423 e. The second kappa shape index (κ2) is 7.36. The molecule has 2 aromatic carbocycles. The highest BCUT2D eigenvalue weighted by Gasteiger charge is 2.14. The van der Waals surface area contributed by atoms with Gasteiger partial charge in [-0.25, -0.2) is 4.39 Å². The Kier molecular flexibility index (Phi) is 5.50. The molecule has 0 saturated heterocycles. The second-order valence-corrected chi connectivity index (χ2v) is 5.01. The zero-order chi connectivity index (χ0) is 15.2. The summed E-state index contributed by atoms with van der Waals surface area (Å²) in [5.41, 5.74) is 1.90. The first kappa shape index (κ1) is 15.7. The van der Waals surface area contributed by atoms with Gasteiger partial charge in [-0.2, -0.15) is 0 Å². The first-order chi connectivity index (χ1) is 10.1. The van der Waals surface area contributed by atoms with Crippen LogP contribution in [0, 0.1) is 5.82 Å². The van der Waals surface area contributed by atoms with Gasteiger partial charge in [0.05, 0.1) is 0 Å². The van der Waals surface area contributed by atoms with Crippen LogP contribution in [0.25, 0.3) is 0 Å². The average molecular weight is 287 g/mol. The smallest absolute Gasteiger partial charge is 0.423 e. The van der Waals surface area contributed by atoms with Crippen LogP contribution in [0.3, 0.4) is 0 Å². The van der Waals surface area contributed by atoms with Crippen LogP contribution < -0.4 is 5.46 Å². The molecule has 0 unspecified atom stereocenters. The predicted octanol–water partition coefficient (Wildman–Crippen LogP) is 1.53. The van der Waals surface area contributed by atoms with Crippen LogP contribution in [-0.2, 0) is 13.1 Å². The van der Waals surface area contributed by atoms with Gasteiger partial charge in [0.2, 0.25) is 0 Å². The maximum Gasteiger partial charge on any atom is 0.488 e. The summed E-state index contributed by atoms with van der Waals surface area (Å²) in [4.78, 5) is 2.13. The molecule has 21 heavy (non-hydrogen) atoms. The van der Waals surface area contributed by atoms with E-state index in [4.69, 9.17) is 10.0 Å². The van der Waals surface area contributed by atoms with E-state index in [2.05, 4.69) is 4.90 Å². The van der Waals surface area contributed by atoms with Gasteiger partial charge in [-0.3, -0.25) is 4.90 Å². The SMILES string of the molecule is CCN(Cc1ccccc1)Cc1ccc(B(O)O)cc1F. The Bertz CT molecular complexity index is 578. The van der Waals surface area contributed by atoms with Crippen LogP contribution in [-0.4, -0.2) is 28.6 Å². The van der Waals surface area contributed by atoms with Crippen molar-refractivity contribution in [2.45, 2.75) is 20.0 Å². The van der Waals surface area contributed by atoms with Gasteiger partial charge in [-0.1, -0.05) is 49.4 Å². The summed E-state index contributed by atoms with van der Waals surface area (Å²) in [6.45, 7) is 4.07. The van der Waals surface area contributed by atoms with Gasteiger partial charge >= 0.3 is 7.12 Å². The largest absolute Gasteiger partial charge is 0.488 e. The average Bonchev–Trinajstić information content (AvgIpc) is 2.49. The summed E-state index contributed by atoms with van der Waals surface area (Å²) in [5, 5.41) is 18.1. The van der Waals surface area contributed by atoms with Crippen molar-refractivity contribution in [2.24, 2.45) is 0 Å². The quantitative estimate of drug-likeness (QED) is 0.792. The van der Waals surface area contributed by atoms with Crippen molar-refractivity contribution in [3.8, 4) is 0 Å². The maximum atomic E-state index is 14.0. The van der Waals surface area contributed by atoms with Gasteiger partial charge in [-0.05, 0) is 23.6 Å². The minimum absolute atomic E-state index is 0.169. The zero-order valence-corrected chi connectivity index (χ0v) is 12.0. The number of nitrogens with zero attached hydrogens (tertiary/aromatic N) is 1. The molecule has 0 radical (unpaired) electrons. The topological polar surface area (TPSA) is 43.7 Å². The first-order valence-corrected chi connectivity index (χ1v) is 7.01. The number of halogens is 1. The normalized spacial score (nSPS) is 10.9. The standard InChI is InChI=1S/C16H19BFNO2/c1-2-19(11-13-6-4-3-5-7-13)12-14-8-9-15(17(20)21)10-16(14)18/h3-10,20-21H,2,11-12H2,1H3.